The molecule has 7 rings (SSSR count). The number of rotatable bonds is 2. The van der Waals surface area contributed by atoms with Crippen molar-refractivity contribution in [3.63, 3.8) is 0 Å². The van der Waals surface area contributed by atoms with E-state index in [0.717, 1.165) is 68.0 Å². The van der Waals surface area contributed by atoms with Gasteiger partial charge in [-0.2, -0.15) is 0 Å². The SMILES string of the molecule is O=C1C2CCC1CN(C1=NCCc3cc(-c4cnc5[nH]cc(F)c5c4)cc([C@@H]4COCCN4)c31)C2. The first kappa shape index (κ1) is 21.2. The molecule has 0 spiro atoms. The second-order valence-corrected chi connectivity index (χ2v) is 10.2. The van der Waals surface area contributed by atoms with E-state index >= 15 is 0 Å². The monoisotopic (exact) mass is 473 g/mol. The fraction of sp³-hybridized carbons (Fsp3) is 0.444. The number of morpholine rings is 1. The molecular formula is C27H28FN5O2. The number of aromatic amines is 1. The quantitative estimate of drug-likeness (QED) is 0.597. The second kappa shape index (κ2) is 8.24. The van der Waals surface area contributed by atoms with E-state index in [0.29, 0.717) is 30.0 Å². The molecule has 5 heterocycles. The van der Waals surface area contributed by atoms with Gasteiger partial charge in [0.1, 0.15) is 23.1 Å². The van der Waals surface area contributed by atoms with Gasteiger partial charge in [-0.3, -0.25) is 9.79 Å². The van der Waals surface area contributed by atoms with E-state index in [4.69, 9.17) is 9.73 Å². The number of amidine groups is 1. The first-order valence-corrected chi connectivity index (χ1v) is 12.6. The van der Waals surface area contributed by atoms with Crippen LogP contribution in [0.3, 0.4) is 0 Å². The Morgan fingerprint density at radius 3 is 2.77 bits per heavy atom. The highest BCUT2D eigenvalue weighted by molar-refractivity contribution is 6.04. The van der Waals surface area contributed by atoms with Crippen LogP contribution < -0.4 is 5.32 Å². The number of aromatic nitrogens is 2. The molecule has 2 bridgehead atoms. The number of Topliss-reactive ketones (excluding diaryl/α,β-unsaturated/α-hetero) is 1. The van der Waals surface area contributed by atoms with Gasteiger partial charge in [0.25, 0.3) is 0 Å². The fourth-order valence-corrected chi connectivity index (χ4v) is 6.31. The fourth-order valence-electron chi connectivity index (χ4n) is 6.31. The predicted octanol–water partition coefficient (Wildman–Crippen LogP) is 3.24. The van der Waals surface area contributed by atoms with Crippen LogP contribution in [0.15, 0.2) is 35.6 Å². The lowest BCUT2D eigenvalue weighted by molar-refractivity contribution is -0.126. The molecule has 7 nitrogen and oxygen atoms in total. The molecule has 1 aliphatic carbocycles. The zero-order valence-corrected chi connectivity index (χ0v) is 19.5. The van der Waals surface area contributed by atoms with Crippen LogP contribution in [-0.2, 0) is 16.0 Å². The van der Waals surface area contributed by atoms with E-state index in [-0.39, 0.29) is 23.7 Å². The summed E-state index contributed by atoms with van der Waals surface area (Å²) in [5, 5.41) is 4.12. The number of carbonyl (C=O) groups excluding carboxylic acids is 1. The highest BCUT2D eigenvalue weighted by atomic mass is 19.1. The predicted molar refractivity (Wildman–Crippen MR) is 131 cm³/mol. The third-order valence-electron chi connectivity index (χ3n) is 8.08. The summed E-state index contributed by atoms with van der Waals surface area (Å²) in [6, 6.07) is 6.33. The topological polar surface area (TPSA) is 82.6 Å². The van der Waals surface area contributed by atoms with Crippen LogP contribution >= 0.6 is 0 Å². The van der Waals surface area contributed by atoms with E-state index in [9.17, 15) is 9.18 Å². The van der Waals surface area contributed by atoms with Gasteiger partial charge in [0.2, 0.25) is 0 Å². The summed E-state index contributed by atoms with van der Waals surface area (Å²) in [6.07, 6.45) is 5.99. The van der Waals surface area contributed by atoms with Gasteiger partial charge < -0.3 is 19.9 Å². The van der Waals surface area contributed by atoms with Crippen molar-refractivity contribution < 1.29 is 13.9 Å². The molecule has 8 heteroatoms. The molecular weight excluding hydrogens is 445 g/mol. The van der Waals surface area contributed by atoms with Gasteiger partial charge in [0.15, 0.2) is 0 Å². The second-order valence-electron chi connectivity index (χ2n) is 10.2. The highest BCUT2D eigenvalue weighted by Crippen LogP contribution is 2.38. The summed E-state index contributed by atoms with van der Waals surface area (Å²) < 4.78 is 20.1. The van der Waals surface area contributed by atoms with Gasteiger partial charge in [-0.1, -0.05) is 6.07 Å². The van der Waals surface area contributed by atoms with Crippen LogP contribution in [0.1, 0.15) is 35.6 Å². The smallest absolute Gasteiger partial charge is 0.150 e. The molecule has 2 saturated heterocycles. The molecule has 3 aliphatic heterocycles. The van der Waals surface area contributed by atoms with Gasteiger partial charge in [-0.25, -0.2) is 9.37 Å². The van der Waals surface area contributed by atoms with Gasteiger partial charge in [0, 0.05) is 61.5 Å². The van der Waals surface area contributed by atoms with Crippen molar-refractivity contribution in [1.29, 1.82) is 0 Å². The lowest BCUT2D eigenvalue weighted by Crippen LogP contribution is -2.47. The van der Waals surface area contributed by atoms with Crippen LogP contribution in [0.5, 0.6) is 0 Å². The number of ether oxygens (including phenoxy) is 1. The molecule has 1 saturated carbocycles. The van der Waals surface area contributed by atoms with Crippen molar-refractivity contribution in [2.24, 2.45) is 16.8 Å². The normalized spacial score (nSPS) is 26.2. The van der Waals surface area contributed by atoms with E-state index in [1.165, 1.54) is 17.3 Å². The van der Waals surface area contributed by atoms with Crippen molar-refractivity contribution in [1.82, 2.24) is 20.2 Å². The Morgan fingerprint density at radius 1 is 1.11 bits per heavy atom. The summed E-state index contributed by atoms with van der Waals surface area (Å²) in [4.78, 5) is 27.3. The number of benzene rings is 1. The summed E-state index contributed by atoms with van der Waals surface area (Å²) in [5.41, 5.74) is 6.05. The number of piperidine rings is 1. The van der Waals surface area contributed by atoms with Crippen molar-refractivity contribution in [3.05, 3.63) is 53.1 Å². The summed E-state index contributed by atoms with van der Waals surface area (Å²) in [5.74, 6) is 1.44. The highest BCUT2D eigenvalue weighted by Gasteiger charge is 2.42. The number of likely N-dealkylation sites (tertiary alicyclic amines) is 1. The first-order chi connectivity index (χ1) is 17.2. The molecule has 2 aromatic heterocycles. The van der Waals surface area contributed by atoms with Crippen LogP contribution in [0.2, 0.25) is 0 Å². The molecule has 180 valence electrons. The van der Waals surface area contributed by atoms with Crippen molar-refractivity contribution in [2.75, 3.05) is 39.4 Å². The van der Waals surface area contributed by atoms with E-state index in [1.54, 1.807) is 6.20 Å². The minimum atomic E-state index is -0.293. The zero-order chi connectivity index (χ0) is 23.5. The molecule has 4 aliphatic rings. The Kier molecular flexibility index (Phi) is 4.99. The van der Waals surface area contributed by atoms with Gasteiger partial charge >= 0.3 is 0 Å². The number of nitrogens with zero attached hydrogens (tertiary/aromatic N) is 3. The van der Waals surface area contributed by atoms with Gasteiger partial charge in [-0.05, 0) is 48.1 Å². The number of aliphatic imine (C=N–C) groups is 1. The standard InChI is InChI=1S/C27H28FN5O2/c28-22-11-32-26-20(22)9-19(10-31-26)18-7-15-3-4-30-27(33-12-16-1-2-17(13-33)25(16)34)24(15)21(8-18)23-14-35-6-5-29-23/h7-11,16-17,23,29H,1-6,12-14H2,(H,31,32)/t16?,17?,23-/m0/s1. The Bertz CT molecular complexity index is 1340. The average molecular weight is 474 g/mol. The number of H-pyrrole nitrogens is 1. The Hall–Kier alpha value is -3.10. The molecule has 1 aromatic carbocycles. The maximum Gasteiger partial charge on any atom is 0.150 e. The van der Waals surface area contributed by atoms with Crippen molar-refractivity contribution in [3.8, 4) is 11.1 Å². The van der Waals surface area contributed by atoms with Crippen LogP contribution in [0.4, 0.5) is 4.39 Å². The maximum atomic E-state index is 14.3. The number of nitrogens with one attached hydrogen (secondary N) is 2. The number of pyridine rings is 1. The number of fused-ring (bicyclic) bond motifs is 4. The minimum Gasteiger partial charge on any atom is -0.378 e. The van der Waals surface area contributed by atoms with Gasteiger partial charge in [-0.15, -0.1) is 0 Å². The number of hydrogen-bond acceptors (Lipinski definition) is 6. The Balaban J connectivity index is 1.34. The molecule has 3 fully saturated rings. The molecule has 0 radical (unpaired) electrons. The first-order valence-electron chi connectivity index (χ1n) is 12.6. The molecule has 0 amide bonds. The van der Waals surface area contributed by atoms with Gasteiger partial charge in [0.05, 0.1) is 24.6 Å². The average Bonchev–Trinajstić information content (AvgIpc) is 3.34. The molecule has 2 unspecified atom stereocenters. The number of carbonyl (C=O) groups is 1. The lowest BCUT2D eigenvalue weighted by atomic mass is 9.86. The summed E-state index contributed by atoms with van der Waals surface area (Å²) >= 11 is 0. The third-order valence-corrected chi connectivity index (χ3v) is 8.08. The molecule has 3 atom stereocenters. The molecule has 2 N–H and O–H groups in total. The van der Waals surface area contributed by atoms with Crippen LogP contribution in [0.25, 0.3) is 22.2 Å². The number of halogens is 1. The maximum absolute atomic E-state index is 14.3. The van der Waals surface area contributed by atoms with Crippen LogP contribution in [0, 0.1) is 17.7 Å². The zero-order valence-electron chi connectivity index (χ0n) is 19.5. The van der Waals surface area contributed by atoms with Crippen LogP contribution in [-0.4, -0.2) is 65.9 Å². The van der Waals surface area contributed by atoms with Crippen molar-refractivity contribution in [2.45, 2.75) is 25.3 Å². The van der Waals surface area contributed by atoms with E-state index < -0.39 is 0 Å². The summed E-state index contributed by atoms with van der Waals surface area (Å²) in [6.45, 7) is 4.33. The van der Waals surface area contributed by atoms with Crippen molar-refractivity contribution >= 4 is 22.7 Å². The largest absolute Gasteiger partial charge is 0.378 e. The Morgan fingerprint density at radius 2 is 1.97 bits per heavy atom. The number of hydrogen-bond donors (Lipinski definition) is 2. The molecule has 3 aromatic rings. The van der Waals surface area contributed by atoms with E-state index in [1.807, 2.05) is 6.07 Å². The summed E-state index contributed by atoms with van der Waals surface area (Å²) in [7, 11) is 0. The Labute approximate surface area is 202 Å². The minimum absolute atomic E-state index is 0.0459. The lowest BCUT2D eigenvalue weighted by Gasteiger charge is -2.37. The van der Waals surface area contributed by atoms with E-state index in [2.05, 4.69) is 32.3 Å². The molecule has 35 heavy (non-hydrogen) atoms. The third kappa shape index (κ3) is 3.50. The number of ketones is 1.